The number of unbranched alkanes of at least 4 members (excludes halogenated alkanes) is 1. The summed E-state index contributed by atoms with van der Waals surface area (Å²) in [5, 5.41) is 7.25. The molecule has 0 fully saturated rings. The van der Waals surface area contributed by atoms with Crippen LogP contribution in [0.3, 0.4) is 0 Å². The maximum Gasteiger partial charge on any atom is 0.228 e. The Bertz CT molecular complexity index is 353. The average molecular weight is 283 g/mol. The standard InChI is InChI=1S/C13H25N5S/c1-6-7-8-19-13-17-11(14-9(2)3)16-12(18-13)15-10(4)5/h9-10H,6-8H2,1-5H3,(H2,14,15,16,17,18). The zero-order valence-electron chi connectivity index (χ0n) is 12.5. The maximum absolute atomic E-state index is 4.44. The molecule has 0 saturated carbocycles. The summed E-state index contributed by atoms with van der Waals surface area (Å²) in [5.41, 5.74) is 0. The lowest BCUT2D eigenvalue weighted by Gasteiger charge is -2.13. The number of nitrogens with zero attached hydrogens (tertiary/aromatic N) is 3. The molecule has 6 heteroatoms. The van der Waals surface area contributed by atoms with E-state index in [0.717, 1.165) is 10.9 Å². The molecule has 2 N–H and O–H groups in total. The third-order valence-electron chi connectivity index (χ3n) is 2.18. The molecule has 0 amide bonds. The summed E-state index contributed by atoms with van der Waals surface area (Å²) in [6.07, 6.45) is 2.36. The van der Waals surface area contributed by atoms with Crippen LogP contribution in [-0.4, -0.2) is 32.8 Å². The van der Waals surface area contributed by atoms with Crippen molar-refractivity contribution in [3.8, 4) is 0 Å². The summed E-state index contributed by atoms with van der Waals surface area (Å²) in [6, 6.07) is 0.616. The predicted octanol–water partition coefficient (Wildman–Crippen LogP) is 3.40. The van der Waals surface area contributed by atoms with Crippen LogP contribution in [0.15, 0.2) is 5.16 Å². The smallest absolute Gasteiger partial charge is 0.228 e. The van der Waals surface area contributed by atoms with Gasteiger partial charge in [0.15, 0.2) is 5.16 Å². The summed E-state index contributed by atoms with van der Waals surface area (Å²) < 4.78 is 0. The topological polar surface area (TPSA) is 62.7 Å². The van der Waals surface area contributed by atoms with Gasteiger partial charge in [-0.3, -0.25) is 0 Å². The van der Waals surface area contributed by atoms with Crippen LogP contribution in [0.25, 0.3) is 0 Å². The van der Waals surface area contributed by atoms with E-state index in [-0.39, 0.29) is 0 Å². The second kappa shape index (κ2) is 8.19. The van der Waals surface area contributed by atoms with Gasteiger partial charge in [-0.05, 0) is 34.1 Å². The van der Waals surface area contributed by atoms with E-state index in [9.17, 15) is 0 Å². The van der Waals surface area contributed by atoms with Crippen LogP contribution in [0.1, 0.15) is 47.5 Å². The third kappa shape index (κ3) is 6.61. The van der Waals surface area contributed by atoms with Gasteiger partial charge < -0.3 is 10.6 Å². The summed E-state index contributed by atoms with van der Waals surface area (Å²) >= 11 is 1.69. The number of thioether (sulfide) groups is 1. The zero-order valence-corrected chi connectivity index (χ0v) is 13.3. The number of anilines is 2. The molecule has 0 aliphatic rings. The van der Waals surface area contributed by atoms with E-state index in [2.05, 4.69) is 60.2 Å². The van der Waals surface area contributed by atoms with E-state index in [1.54, 1.807) is 11.8 Å². The molecule has 0 aromatic carbocycles. The number of aromatic nitrogens is 3. The first-order valence-electron chi connectivity index (χ1n) is 6.93. The molecule has 0 atom stereocenters. The normalized spacial score (nSPS) is 11.1. The Morgan fingerprint density at radius 1 is 0.947 bits per heavy atom. The van der Waals surface area contributed by atoms with Crippen LogP contribution in [0.5, 0.6) is 0 Å². The third-order valence-corrected chi connectivity index (χ3v) is 3.11. The first kappa shape index (κ1) is 16.0. The summed E-state index contributed by atoms with van der Waals surface area (Å²) in [5.74, 6) is 2.34. The lowest BCUT2D eigenvalue weighted by molar-refractivity contribution is 0.810. The Morgan fingerprint density at radius 3 is 1.89 bits per heavy atom. The minimum absolute atomic E-state index is 0.308. The maximum atomic E-state index is 4.44. The van der Waals surface area contributed by atoms with E-state index >= 15 is 0 Å². The van der Waals surface area contributed by atoms with Gasteiger partial charge >= 0.3 is 0 Å². The molecule has 0 spiro atoms. The van der Waals surface area contributed by atoms with E-state index in [1.165, 1.54) is 12.8 Å². The van der Waals surface area contributed by atoms with Gasteiger partial charge in [0.1, 0.15) is 0 Å². The molecule has 0 aliphatic carbocycles. The minimum Gasteiger partial charge on any atom is -0.352 e. The Hall–Kier alpha value is -1.04. The van der Waals surface area contributed by atoms with Crippen molar-refractivity contribution in [3.63, 3.8) is 0 Å². The molecule has 5 nitrogen and oxygen atoms in total. The van der Waals surface area contributed by atoms with Crippen LogP contribution >= 0.6 is 11.8 Å². The zero-order chi connectivity index (χ0) is 14.3. The highest BCUT2D eigenvalue weighted by molar-refractivity contribution is 7.99. The predicted molar refractivity (Wildman–Crippen MR) is 83.0 cm³/mol. The van der Waals surface area contributed by atoms with Crippen molar-refractivity contribution < 1.29 is 0 Å². The van der Waals surface area contributed by atoms with Crippen molar-refractivity contribution in [1.82, 2.24) is 15.0 Å². The molecule has 1 heterocycles. The lowest BCUT2D eigenvalue weighted by atomic mass is 10.4. The van der Waals surface area contributed by atoms with Crippen molar-refractivity contribution >= 4 is 23.7 Å². The second-order valence-electron chi connectivity index (χ2n) is 5.07. The quantitative estimate of drug-likeness (QED) is 0.563. The van der Waals surface area contributed by atoms with Crippen LogP contribution in [0.4, 0.5) is 11.9 Å². The first-order valence-corrected chi connectivity index (χ1v) is 7.91. The second-order valence-corrected chi connectivity index (χ2v) is 6.13. The first-order chi connectivity index (χ1) is 9.01. The van der Waals surface area contributed by atoms with Gasteiger partial charge in [-0.25, -0.2) is 0 Å². The highest BCUT2D eigenvalue weighted by Crippen LogP contribution is 2.18. The van der Waals surface area contributed by atoms with E-state index in [4.69, 9.17) is 0 Å². The monoisotopic (exact) mass is 283 g/mol. The SMILES string of the molecule is CCCCSc1nc(NC(C)C)nc(NC(C)C)n1. The molecular weight excluding hydrogens is 258 g/mol. The molecule has 1 rings (SSSR count). The molecule has 19 heavy (non-hydrogen) atoms. The van der Waals surface area contributed by atoms with Gasteiger partial charge in [0.25, 0.3) is 0 Å². The Kier molecular flexibility index (Phi) is 6.91. The number of nitrogens with one attached hydrogen (secondary N) is 2. The van der Waals surface area contributed by atoms with Crippen molar-refractivity contribution in [2.75, 3.05) is 16.4 Å². The van der Waals surface area contributed by atoms with Crippen LogP contribution in [-0.2, 0) is 0 Å². The Labute approximate surface area is 120 Å². The lowest BCUT2D eigenvalue weighted by Crippen LogP contribution is -2.17. The van der Waals surface area contributed by atoms with Gasteiger partial charge in [-0.1, -0.05) is 25.1 Å². The van der Waals surface area contributed by atoms with E-state index < -0.39 is 0 Å². The van der Waals surface area contributed by atoms with Gasteiger partial charge in [-0.15, -0.1) is 0 Å². The Morgan fingerprint density at radius 2 is 1.47 bits per heavy atom. The van der Waals surface area contributed by atoms with Crippen LogP contribution < -0.4 is 10.6 Å². The van der Waals surface area contributed by atoms with Crippen molar-refractivity contribution in [2.45, 2.75) is 64.7 Å². The summed E-state index contributed by atoms with van der Waals surface area (Å²) in [4.78, 5) is 13.3. The molecule has 0 aliphatic heterocycles. The molecule has 0 unspecified atom stereocenters. The molecule has 1 aromatic rings. The fourth-order valence-electron chi connectivity index (χ4n) is 1.37. The van der Waals surface area contributed by atoms with E-state index in [1.807, 2.05) is 0 Å². The summed E-state index contributed by atoms with van der Waals surface area (Å²) in [6.45, 7) is 10.5. The van der Waals surface area contributed by atoms with Gasteiger partial charge in [0, 0.05) is 17.8 Å². The molecule has 0 radical (unpaired) electrons. The van der Waals surface area contributed by atoms with Crippen molar-refractivity contribution in [3.05, 3.63) is 0 Å². The van der Waals surface area contributed by atoms with Gasteiger partial charge in [-0.2, -0.15) is 15.0 Å². The summed E-state index contributed by atoms with van der Waals surface area (Å²) in [7, 11) is 0. The molecule has 1 aromatic heterocycles. The molecule has 0 bridgehead atoms. The number of rotatable bonds is 8. The fraction of sp³-hybridized carbons (Fsp3) is 0.769. The van der Waals surface area contributed by atoms with Crippen LogP contribution in [0.2, 0.25) is 0 Å². The largest absolute Gasteiger partial charge is 0.352 e. The highest BCUT2D eigenvalue weighted by Gasteiger charge is 2.08. The highest BCUT2D eigenvalue weighted by atomic mass is 32.2. The number of hydrogen-bond acceptors (Lipinski definition) is 6. The van der Waals surface area contributed by atoms with Gasteiger partial charge in [0.2, 0.25) is 11.9 Å². The minimum atomic E-state index is 0.308. The van der Waals surface area contributed by atoms with Crippen LogP contribution in [0, 0.1) is 0 Å². The van der Waals surface area contributed by atoms with Gasteiger partial charge in [0.05, 0.1) is 0 Å². The molecule has 0 saturated heterocycles. The average Bonchev–Trinajstić information content (AvgIpc) is 2.27. The van der Waals surface area contributed by atoms with Crippen molar-refractivity contribution in [1.29, 1.82) is 0 Å². The number of hydrogen-bond donors (Lipinski definition) is 2. The van der Waals surface area contributed by atoms with E-state index in [0.29, 0.717) is 24.0 Å². The Balaban J connectivity index is 2.82. The molecular formula is C13H25N5S. The fourth-order valence-corrected chi connectivity index (χ4v) is 2.29. The van der Waals surface area contributed by atoms with Crippen molar-refractivity contribution in [2.24, 2.45) is 0 Å². The molecule has 108 valence electrons.